The summed E-state index contributed by atoms with van der Waals surface area (Å²) in [5.41, 5.74) is 10.6. The summed E-state index contributed by atoms with van der Waals surface area (Å²) in [5.74, 6) is -1.06. The Bertz CT molecular complexity index is 152. The van der Waals surface area contributed by atoms with E-state index in [1.54, 1.807) is 0 Å². The molecule has 49 valence electrons. The Kier molecular flexibility index (Phi) is 2.81. The number of amides is 2. The molecule has 0 aromatic heterocycles. The van der Waals surface area contributed by atoms with E-state index in [0.717, 1.165) is 0 Å². The van der Waals surface area contributed by atoms with Gasteiger partial charge in [0.15, 0.2) is 0 Å². The third-order valence-electron chi connectivity index (χ3n) is 0.313. The molecule has 0 rings (SSSR count). The van der Waals surface area contributed by atoms with Gasteiger partial charge in [-0.1, -0.05) is 5.16 Å². The predicted molar refractivity (Wildman–Crippen MR) is 27.3 cm³/mol. The van der Waals surface area contributed by atoms with Crippen molar-refractivity contribution >= 4 is 18.2 Å². The molecule has 0 saturated carbocycles. The Morgan fingerprint density at radius 1 is 1.67 bits per heavy atom. The van der Waals surface area contributed by atoms with Crippen LogP contribution < -0.4 is 11.5 Å². The number of nitrogens with one attached hydrogen (secondary N) is 1. The monoisotopic (exact) mass is 130 g/mol. The summed E-state index contributed by atoms with van der Waals surface area (Å²) in [6.45, 7) is 0. The standard InChI is InChI=1S/C3H4N3O3/c4-2(7)1-6-9-3(5)8/h1,4H,(H2,5,8). The van der Waals surface area contributed by atoms with Crippen LogP contribution in [0.25, 0.3) is 0 Å². The number of hydrogen-bond acceptors (Lipinski definition) is 4. The number of nitrogens with two attached hydrogens (primary N) is 1. The van der Waals surface area contributed by atoms with Crippen molar-refractivity contribution in [3.8, 4) is 0 Å². The molecule has 0 heterocycles. The van der Waals surface area contributed by atoms with Gasteiger partial charge in [-0.05, 0) is 0 Å². The fourth-order valence-corrected chi connectivity index (χ4v) is 0.126. The van der Waals surface area contributed by atoms with Crippen LogP contribution in [0, 0.1) is 0 Å². The van der Waals surface area contributed by atoms with Crippen LogP contribution >= 0.6 is 0 Å². The second-order valence-electron chi connectivity index (χ2n) is 1.01. The lowest BCUT2D eigenvalue weighted by Gasteiger charge is -1.83. The van der Waals surface area contributed by atoms with Gasteiger partial charge in [-0.3, -0.25) is 15.4 Å². The molecule has 0 fully saturated rings. The van der Waals surface area contributed by atoms with Crippen molar-refractivity contribution in [2.45, 2.75) is 0 Å². The number of hydrogen-bond donors (Lipinski definition) is 1. The topological polar surface area (TPSA) is 106 Å². The Morgan fingerprint density at radius 3 is 2.56 bits per heavy atom. The van der Waals surface area contributed by atoms with Crippen LogP contribution in [0.5, 0.6) is 0 Å². The molecule has 3 N–H and O–H groups in total. The summed E-state index contributed by atoms with van der Waals surface area (Å²) in [5, 5.41) is 2.73. The van der Waals surface area contributed by atoms with Crippen molar-refractivity contribution in [2.24, 2.45) is 10.9 Å². The number of rotatable bonds is 2. The van der Waals surface area contributed by atoms with E-state index in [1.165, 1.54) is 0 Å². The molecule has 2 amide bonds. The lowest BCUT2D eigenvalue weighted by molar-refractivity contribution is -0.112. The third kappa shape index (κ3) is 6.41. The van der Waals surface area contributed by atoms with Crippen LogP contribution in [0.15, 0.2) is 5.16 Å². The third-order valence-corrected chi connectivity index (χ3v) is 0.313. The van der Waals surface area contributed by atoms with E-state index < -0.39 is 12.0 Å². The predicted octanol–water partition coefficient (Wildman–Crippen LogP) is -1.12. The van der Waals surface area contributed by atoms with Crippen LogP contribution in [-0.2, 0) is 9.63 Å². The van der Waals surface area contributed by atoms with Gasteiger partial charge in [0.2, 0.25) is 0 Å². The van der Waals surface area contributed by atoms with Gasteiger partial charge < -0.3 is 5.73 Å². The lowest BCUT2D eigenvalue weighted by atomic mass is 10.7. The smallest absolute Gasteiger partial charge is 0.333 e. The summed E-state index contributed by atoms with van der Waals surface area (Å²) < 4.78 is 0. The molecule has 0 aliphatic rings. The van der Waals surface area contributed by atoms with Crippen molar-refractivity contribution in [2.75, 3.05) is 0 Å². The number of oxime groups is 1. The first-order valence-corrected chi connectivity index (χ1v) is 1.88. The number of carbonyl (C=O) groups is 2. The summed E-state index contributed by atoms with van der Waals surface area (Å²) in [4.78, 5) is 23.1. The van der Waals surface area contributed by atoms with Gasteiger partial charge in [-0.25, -0.2) is 4.79 Å². The van der Waals surface area contributed by atoms with E-state index in [4.69, 9.17) is 5.73 Å². The maximum Gasteiger partial charge on any atom is 0.430 e. The summed E-state index contributed by atoms with van der Waals surface area (Å²) in [7, 11) is 0. The molecule has 0 saturated heterocycles. The molecule has 1 radical (unpaired) electrons. The molecule has 9 heavy (non-hydrogen) atoms. The molecule has 0 unspecified atom stereocenters. The average Bonchev–Trinajstić information content (AvgIpc) is 1.63. The first-order valence-electron chi connectivity index (χ1n) is 1.88. The fourth-order valence-electron chi connectivity index (χ4n) is 0.126. The van der Waals surface area contributed by atoms with E-state index in [9.17, 15) is 9.59 Å². The highest BCUT2D eigenvalue weighted by Gasteiger charge is 1.88. The molecule has 0 aliphatic carbocycles. The van der Waals surface area contributed by atoms with Crippen LogP contribution in [-0.4, -0.2) is 18.2 Å². The minimum absolute atomic E-state index is 0.519. The zero-order chi connectivity index (χ0) is 7.28. The molecule has 0 atom stereocenters. The van der Waals surface area contributed by atoms with E-state index in [2.05, 4.69) is 15.7 Å². The lowest BCUT2D eigenvalue weighted by Crippen LogP contribution is -2.10. The van der Waals surface area contributed by atoms with E-state index in [-0.39, 0.29) is 0 Å². The highest BCUT2D eigenvalue weighted by molar-refractivity contribution is 6.24. The molecule has 0 bridgehead atoms. The van der Waals surface area contributed by atoms with Crippen molar-refractivity contribution in [1.29, 1.82) is 0 Å². The quantitative estimate of drug-likeness (QED) is 0.290. The highest BCUT2D eigenvalue weighted by Crippen LogP contribution is 1.70. The Morgan fingerprint density at radius 2 is 2.22 bits per heavy atom. The minimum atomic E-state index is -1.12. The molecular formula is C3H4N3O3. The Balaban J connectivity index is 3.48. The maximum absolute atomic E-state index is 9.71. The number of nitrogens with zero attached hydrogens (tertiary/aromatic N) is 1. The van der Waals surface area contributed by atoms with Crippen LogP contribution in [0.1, 0.15) is 0 Å². The van der Waals surface area contributed by atoms with Gasteiger partial charge in [0.25, 0.3) is 5.91 Å². The van der Waals surface area contributed by atoms with E-state index in [0.29, 0.717) is 6.21 Å². The van der Waals surface area contributed by atoms with Gasteiger partial charge in [0.05, 0.1) is 0 Å². The molecular weight excluding hydrogens is 126 g/mol. The van der Waals surface area contributed by atoms with Crippen molar-refractivity contribution in [1.82, 2.24) is 5.73 Å². The summed E-state index contributed by atoms with van der Waals surface area (Å²) in [6.07, 6.45) is -0.599. The Labute approximate surface area is 50.4 Å². The zero-order valence-electron chi connectivity index (χ0n) is 4.33. The SMILES string of the molecule is [NH]C(=O)C=NOC(N)=O. The van der Waals surface area contributed by atoms with Crippen LogP contribution in [0.3, 0.4) is 0 Å². The molecule has 6 nitrogen and oxygen atoms in total. The molecule has 0 aliphatic heterocycles. The second kappa shape index (κ2) is 3.42. The molecule has 0 aromatic rings. The van der Waals surface area contributed by atoms with Crippen molar-refractivity contribution in [3.63, 3.8) is 0 Å². The van der Waals surface area contributed by atoms with Crippen molar-refractivity contribution < 1.29 is 14.4 Å². The number of carbonyl (C=O) groups excluding carboxylic acids is 2. The molecule has 6 heteroatoms. The van der Waals surface area contributed by atoms with E-state index in [1.807, 2.05) is 0 Å². The first-order chi connectivity index (χ1) is 4.13. The number of primary amides is 1. The van der Waals surface area contributed by atoms with Gasteiger partial charge in [0, 0.05) is 0 Å². The average molecular weight is 130 g/mol. The van der Waals surface area contributed by atoms with Crippen LogP contribution in [0.2, 0.25) is 0 Å². The minimum Gasteiger partial charge on any atom is -0.333 e. The van der Waals surface area contributed by atoms with E-state index >= 15 is 0 Å². The van der Waals surface area contributed by atoms with Gasteiger partial charge >= 0.3 is 6.09 Å². The summed E-state index contributed by atoms with van der Waals surface area (Å²) in [6, 6.07) is 0. The van der Waals surface area contributed by atoms with Gasteiger partial charge in [-0.15, -0.1) is 0 Å². The molecule has 0 aromatic carbocycles. The Hall–Kier alpha value is -1.59. The van der Waals surface area contributed by atoms with Crippen LogP contribution in [0.4, 0.5) is 4.79 Å². The highest BCUT2D eigenvalue weighted by atomic mass is 16.7. The fraction of sp³-hybridized carbons (Fsp3) is 0. The molecule has 0 spiro atoms. The van der Waals surface area contributed by atoms with Gasteiger partial charge in [-0.2, -0.15) is 0 Å². The first kappa shape index (κ1) is 7.41. The second-order valence-corrected chi connectivity index (χ2v) is 1.01. The maximum atomic E-state index is 9.71. The normalized spacial score (nSPS) is 9.33. The summed E-state index contributed by atoms with van der Waals surface area (Å²) >= 11 is 0. The van der Waals surface area contributed by atoms with Crippen molar-refractivity contribution in [3.05, 3.63) is 0 Å². The van der Waals surface area contributed by atoms with Gasteiger partial charge in [0.1, 0.15) is 6.21 Å². The zero-order valence-corrected chi connectivity index (χ0v) is 4.33. The largest absolute Gasteiger partial charge is 0.430 e.